The molecule has 0 aliphatic carbocycles. The number of hydrogen-bond acceptors (Lipinski definition) is 3. The lowest BCUT2D eigenvalue weighted by Gasteiger charge is -2.23. The normalized spacial score (nSPS) is 19.8. The van der Waals surface area contributed by atoms with E-state index in [1.165, 1.54) is 12.8 Å². The molecule has 2 N–H and O–H groups in total. The van der Waals surface area contributed by atoms with Crippen LogP contribution in [0.2, 0.25) is 0 Å². The monoisotopic (exact) mass is 296 g/mol. The molecule has 4 nitrogen and oxygen atoms in total. The zero-order valence-electron chi connectivity index (χ0n) is 12.3. The molecule has 0 radical (unpaired) electrons. The van der Waals surface area contributed by atoms with Crippen molar-refractivity contribution in [2.75, 3.05) is 17.0 Å². The second-order valence-electron chi connectivity index (χ2n) is 5.73. The average molecular weight is 296 g/mol. The van der Waals surface area contributed by atoms with Gasteiger partial charge in [-0.25, -0.2) is 8.42 Å². The molecule has 2 rings (SSSR count). The van der Waals surface area contributed by atoms with Gasteiger partial charge in [-0.3, -0.25) is 4.72 Å². The van der Waals surface area contributed by atoms with Crippen LogP contribution in [0.3, 0.4) is 0 Å². The lowest BCUT2D eigenvalue weighted by atomic mass is 10.0. The van der Waals surface area contributed by atoms with Gasteiger partial charge in [-0.1, -0.05) is 12.5 Å². The number of hydrogen-bond donors (Lipinski definition) is 2. The van der Waals surface area contributed by atoms with Gasteiger partial charge in [0.1, 0.15) is 0 Å². The van der Waals surface area contributed by atoms with Gasteiger partial charge in [-0.15, -0.1) is 0 Å². The fourth-order valence-corrected chi connectivity index (χ4v) is 3.91. The van der Waals surface area contributed by atoms with Gasteiger partial charge in [0.2, 0.25) is 10.0 Å². The predicted molar refractivity (Wildman–Crippen MR) is 83.6 cm³/mol. The first kappa shape index (κ1) is 15.3. The SMILES string of the molecule is Cc1cc(C)cc(NS(=O)(=O)CCC2CCCCN2)c1. The van der Waals surface area contributed by atoms with Crippen LogP contribution >= 0.6 is 0 Å². The van der Waals surface area contributed by atoms with E-state index in [-0.39, 0.29) is 5.75 Å². The van der Waals surface area contributed by atoms with Crippen LogP contribution in [-0.4, -0.2) is 26.8 Å². The number of sulfonamides is 1. The third-order valence-corrected chi connectivity index (χ3v) is 4.96. The Labute approximate surface area is 122 Å². The van der Waals surface area contributed by atoms with E-state index in [2.05, 4.69) is 10.0 Å². The fourth-order valence-electron chi connectivity index (χ4n) is 2.73. The number of aryl methyl sites for hydroxylation is 2. The van der Waals surface area contributed by atoms with Crippen molar-refractivity contribution in [3.05, 3.63) is 29.3 Å². The van der Waals surface area contributed by atoms with Crippen molar-refractivity contribution in [2.45, 2.75) is 45.6 Å². The molecule has 0 amide bonds. The molecule has 1 aliphatic rings. The zero-order chi connectivity index (χ0) is 14.6. The molecule has 0 bridgehead atoms. The molecule has 0 spiro atoms. The van der Waals surface area contributed by atoms with E-state index in [9.17, 15) is 8.42 Å². The Balaban J connectivity index is 1.92. The number of anilines is 1. The Kier molecular flexibility index (Phi) is 5.05. The van der Waals surface area contributed by atoms with Gasteiger partial charge >= 0.3 is 0 Å². The van der Waals surface area contributed by atoms with Crippen LogP contribution in [0.4, 0.5) is 5.69 Å². The minimum Gasteiger partial charge on any atom is -0.314 e. The van der Waals surface area contributed by atoms with Crippen LogP contribution < -0.4 is 10.0 Å². The van der Waals surface area contributed by atoms with E-state index in [0.29, 0.717) is 18.2 Å². The summed E-state index contributed by atoms with van der Waals surface area (Å²) in [7, 11) is -3.26. The molecule has 20 heavy (non-hydrogen) atoms. The minimum atomic E-state index is -3.26. The molecule has 1 atom stereocenters. The molecule has 5 heteroatoms. The van der Waals surface area contributed by atoms with Crippen molar-refractivity contribution in [2.24, 2.45) is 0 Å². The van der Waals surface area contributed by atoms with Crippen LogP contribution in [0.5, 0.6) is 0 Å². The summed E-state index contributed by atoms with van der Waals surface area (Å²) in [5.41, 5.74) is 2.80. The number of benzene rings is 1. The molecule has 1 heterocycles. The second-order valence-corrected chi connectivity index (χ2v) is 7.57. The summed E-state index contributed by atoms with van der Waals surface area (Å²) in [6.45, 7) is 4.95. The molecule has 112 valence electrons. The number of rotatable bonds is 5. The van der Waals surface area contributed by atoms with Gasteiger partial charge in [0.25, 0.3) is 0 Å². The summed E-state index contributed by atoms with van der Waals surface area (Å²) in [5, 5.41) is 3.38. The van der Waals surface area contributed by atoms with Crippen LogP contribution in [0.1, 0.15) is 36.8 Å². The quantitative estimate of drug-likeness (QED) is 0.878. The number of piperidine rings is 1. The topological polar surface area (TPSA) is 58.2 Å². The lowest BCUT2D eigenvalue weighted by Crippen LogP contribution is -2.36. The molecule has 1 unspecified atom stereocenters. The predicted octanol–water partition coefficient (Wildman–Crippen LogP) is 2.58. The Hall–Kier alpha value is -1.07. The van der Waals surface area contributed by atoms with Crippen molar-refractivity contribution < 1.29 is 8.42 Å². The summed E-state index contributed by atoms with van der Waals surface area (Å²) in [4.78, 5) is 0. The first-order valence-corrected chi connectivity index (χ1v) is 8.92. The summed E-state index contributed by atoms with van der Waals surface area (Å²) in [6, 6.07) is 6.11. The van der Waals surface area contributed by atoms with Crippen molar-refractivity contribution >= 4 is 15.7 Å². The fraction of sp³-hybridized carbons (Fsp3) is 0.600. The largest absolute Gasteiger partial charge is 0.314 e. The molecular weight excluding hydrogens is 272 g/mol. The molecule has 1 aromatic carbocycles. The summed E-state index contributed by atoms with van der Waals surface area (Å²) in [5.74, 6) is 0.178. The maximum absolute atomic E-state index is 12.1. The Morgan fingerprint density at radius 1 is 1.20 bits per heavy atom. The maximum atomic E-state index is 12.1. The molecule has 1 fully saturated rings. The van der Waals surface area contributed by atoms with Crippen molar-refractivity contribution in [1.29, 1.82) is 0 Å². The standard InChI is InChI=1S/C15H24N2O2S/c1-12-9-13(2)11-15(10-12)17-20(18,19)8-6-14-5-3-4-7-16-14/h9-11,14,16-17H,3-8H2,1-2H3. The Bertz CT molecular complexity index is 529. The summed E-state index contributed by atoms with van der Waals surface area (Å²) in [6.07, 6.45) is 4.16. The Morgan fingerprint density at radius 2 is 1.90 bits per heavy atom. The van der Waals surface area contributed by atoms with Crippen molar-refractivity contribution in [3.63, 3.8) is 0 Å². The number of nitrogens with one attached hydrogen (secondary N) is 2. The van der Waals surface area contributed by atoms with Crippen LogP contribution in [0.15, 0.2) is 18.2 Å². The van der Waals surface area contributed by atoms with Gasteiger partial charge in [-0.05, 0) is 62.9 Å². The smallest absolute Gasteiger partial charge is 0.232 e. The van der Waals surface area contributed by atoms with Gasteiger partial charge in [0.05, 0.1) is 5.75 Å². The molecular formula is C15H24N2O2S. The summed E-state index contributed by atoms with van der Waals surface area (Å²) >= 11 is 0. The highest BCUT2D eigenvalue weighted by Gasteiger charge is 2.17. The Morgan fingerprint density at radius 3 is 2.50 bits per heavy atom. The van der Waals surface area contributed by atoms with E-state index in [1.54, 1.807) is 0 Å². The third kappa shape index (κ3) is 4.80. The lowest BCUT2D eigenvalue weighted by molar-refractivity contribution is 0.393. The zero-order valence-corrected chi connectivity index (χ0v) is 13.1. The van der Waals surface area contributed by atoms with Crippen molar-refractivity contribution in [3.8, 4) is 0 Å². The summed E-state index contributed by atoms with van der Waals surface area (Å²) < 4.78 is 26.9. The van der Waals surface area contributed by atoms with E-state index >= 15 is 0 Å². The minimum absolute atomic E-state index is 0.178. The maximum Gasteiger partial charge on any atom is 0.232 e. The molecule has 1 saturated heterocycles. The van der Waals surface area contributed by atoms with Gasteiger partial charge in [0.15, 0.2) is 0 Å². The van der Waals surface area contributed by atoms with E-state index < -0.39 is 10.0 Å². The van der Waals surface area contributed by atoms with Gasteiger partial charge in [0, 0.05) is 11.7 Å². The first-order chi connectivity index (χ1) is 9.44. The van der Waals surface area contributed by atoms with E-state index in [1.807, 2.05) is 32.0 Å². The van der Waals surface area contributed by atoms with Gasteiger partial charge in [-0.2, -0.15) is 0 Å². The highest BCUT2D eigenvalue weighted by atomic mass is 32.2. The van der Waals surface area contributed by atoms with Crippen LogP contribution in [0.25, 0.3) is 0 Å². The van der Waals surface area contributed by atoms with E-state index in [0.717, 1.165) is 24.1 Å². The third-order valence-electron chi connectivity index (χ3n) is 3.64. The van der Waals surface area contributed by atoms with Crippen LogP contribution in [0, 0.1) is 13.8 Å². The highest BCUT2D eigenvalue weighted by Crippen LogP contribution is 2.16. The average Bonchev–Trinajstić information content (AvgIpc) is 2.36. The van der Waals surface area contributed by atoms with Crippen LogP contribution in [-0.2, 0) is 10.0 Å². The van der Waals surface area contributed by atoms with E-state index in [4.69, 9.17) is 0 Å². The molecule has 1 aliphatic heterocycles. The first-order valence-electron chi connectivity index (χ1n) is 7.27. The second kappa shape index (κ2) is 6.59. The molecule has 0 aromatic heterocycles. The highest BCUT2D eigenvalue weighted by molar-refractivity contribution is 7.92. The molecule has 1 aromatic rings. The van der Waals surface area contributed by atoms with Crippen molar-refractivity contribution in [1.82, 2.24) is 5.32 Å². The van der Waals surface area contributed by atoms with Gasteiger partial charge < -0.3 is 5.32 Å². The molecule has 0 saturated carbocycles.